The van der Waals surface area contributed by atoms with Crippen LogP contribution in [0.1, 0.15) is 22.3 Å². The Kier molecular flexibility index (Phi) is 5.58. The summed E-state index contributed by atoms with van der Waals surface area (Å²) in [5.41, 5.74) is 1.79. The quantitative estimate of drug-likeness (QED) is 0.556. The number of nitrogens with zero attached hydrogens (tertiary/aromatic N) is 3. The van der Waals surface area contributed by atoms with Crippen LogP contribution in [0.3, 0.4) is 0 Å². The number of amidine groups is 1. The van der Waals surface area contributed by atoms with E-state index in [4.69, 9.17) is 11.6 Å². The molecule has 1 heterocycles. The smallest absolute Gasteiger partial charge is 0.270 e. The van der Waals surface area contributed by atoms with E-state index in [1.54, 1.807) is 17.0 Å². The van der Waals surface area contributed by atoms with Crippen molar-refractivity contribution < 1.29 is 9.72 Å². The number of nitro groups is 1. The molecule has 1 saturated heterocycles. The maximum absolute atomic E-state index is 12.9. The summed E-state index contributed by atoms with van der Waals surface area (Å²) in [7, 11) is 0. The van der Waals surface area contributed by atoms with Crippen LogP contribution in [0.4, 0.5) is 11.4 Å². The van der Waals surface area contributed by atoms with Crippen molar-refractivity contribution in [1.82, 2.24) is 4.90 Å². The van der Waals surface area contributed by atoms with Crippen LogP contribution >= 0.6 is 23.4 Å². The Morgan fingerprint density at radius 1 is 1.31 bits per heavy atom. The van der Waals surface area contributed by atoms with E-state index in [1.165, 1.54) is 30.0 Å². The van der Waals surface area contributed by atoms with Gasteiger partial charge in [-0.2, -0.15) is 0 Å². The number of non-ortho nitro benzene ring substituents is 1. The molecule has 1 aliphatic heterocycles. The molecule has 0 N–H and O–H groups in total. The summed E-state index contributed by atoms with van der Waals surface area (Å²) in [5.74, 6) is 0.565. The van der Waals surface area contributed by atoms with E-state index in [2.05, 4.69) is 4.99 Å². The van der Waals surface area contributed by atoms with Crippen molar-refractivity contribution in [3.05, 3.63) is 68.7 Å². The van der Waals surface area contributed by atoms with Gasteiger partial charge in [0.2, 0.25) is 0 Å². The Balaban J connectivity index is 1.92. The maximum atomic E-state index is 12.9. The first-order chi connectivity index (χ1) is 12.5. The zero-order valence-electron chi connectivity index (χ0n) is 14.0. The topological polar surface area (TPSA) is 75.8 Å². The minimum atomic E-state index is -0.509. The maximum Gasteiger partial charge on any atom is 0.270 e. The van der Waals surface area contributed by atoms with Gasteiger partial charge in [0.15, 0.2) is 5.17 Å². The molecule has 8 heteroatoms. The molecular weight excluding hydrogens is 374 g/mol. The lowest BCUT2D eigenvalue weighted by Gasteiger charge is -2.27. The predicted molar refractivity (Wildman–Crippen MR) is 104 cm³/mol. The number of thioether (sulfide) groups is 1. The van der Waals surface area contributed by atoms with Crippen molar-refractivity contribution in [3.63, 3.8) is 0 Å². The monoisotopic (exact) mass is 389 g/mol. The SMILES string of the molecule is Cc1ccc(N=C2SCCCN2C(=O)c2cccc([N+](=O)[O-])c2)cc1Cl. The van der Waals surface area contributed by atoms with Crippen molar-refractivity contribution >= 4 is 45.8 Å². The van der Waals surface area contributed by atoms with Crippen LogP contribution in [0.15, 0.2) is 47.5 Å². The summed E-state index contributed by atoms with van der Waals surface area (Å²) in [5, 5.41) is 12.1. The van der Waals surface area contributed by atoms with E-state index >= 15 is 0 Å². The second kappa shape index (κ2) is 7.88. The number of aliphatic imine (C=N–C) groups is 1. The molecule has 0 atom stereocenters. The standard InChI is InChI=1S/C18H16ClN3O3S/c1-12-6-7-14(11-16(12)19)20-18-21(8-3-9-26-18)17(23)13-4-2-5-15(10-13)22(24)25/h2,4-7,10-11H,3,8-9H2,1H3. The highest BCUT2D eigenvalue weighted by molar-refractivity contribution is 8.13. The lowest BCUT2D eigenvalue weighted by atomic mass is 10.1. The van der Waals surface area contributed by atoms with Gasteiger partial charge in [-0.3, -0.25) is 19.8 Å². The van der Waals surface area contributed by atoms with Crippen molar-refractivity contribution in [1.29, 1.82) is 0 Å². The van der Waals surface area contributed by atoms with Gasteiger partial charge in [0.05, 0.1) is 10.6 Å². The highest BCUT2D eigenvalue weighted by Gasteiger charge is 2.26. The Morgan fingerprint density at radius 2 is 2.12 bits per heavy atom. The molecule has 0 saturated carbocycles. The summed E-state index contributed by atoms with van der Waals surface area (Å²) in [6.07, 6.45) is 0.832. The molecule has 1 amide bonds. The molecule has 1 aliphatic rings. The summed E-state index contributed by atoms with van der Waals surface area (Å²) in [6.45, 7) is 2.43. The summed E-state index contributed by atoms with van der Waals surface area (Å²) in [4.78, 5) is 29.5. The van der Waals surface area contributed by atoms with Crippen molar-refractivity contribution in [2.75, 3.05) is 12.3 Å². The third-order valence-corrected chi connectivity index (χ3v) is 5.39. The van der Waals surface area contributed by atoms with Crippen LogP contribution in [-0.4, -0.2) is 33.2 Å². The average molecular weight is 390 g/mol. The fourth-order valence-corrected chi connectivity index (χ4v) is 3.64. The number of nitro benzene ring substituents is 1. The number of benzene rings is 2. The van der Waals surface area contributed by atoms with E-state index in [0.717, 1.165) is 17.7 Å². The zero-order valence-corrected chi connectivity index (χ0v) is 15.6. The number of hydrogen-bond donors (Lipinski definition) is 0. The van der Waals surface area contributed by atoms with Gasteiger partial charge in [0, 0.05) is 35.0 Å². The normalized spacial score (nSPS) is 15.9. The van der Waals surface area contributed by atoms with E-state index in [9.17, 15) is 14.9 Å². The molecule has 0 spiro atoms. The largest absolute Gasteiger partial charge is 0.287 e. The van der Waals surface area contributed by atoms with Gasteiger partial charge in [-0.1, -0.05) is 35.5 Å². The molecule has 0 aromatic heterocycles. The van der Waals surface area contributed by atoms with E-state index < -0.39 is 4.92 Å². The Hall–Kier alpha value is -2.38. The van der Waals surface area contributed by atoms with Crippen molar-refractivity contribution in [3.8, 4) is 0 Å². The second-order valence-corrected chi connectivity index (χ2v) is 7.26. The number of hydrogen-bond acceptors (Lipinski definition) is 5. The molecular formula is C18H16ClN3O3S. The van der Waals surface area contributed by atoms with Crippen molar-refractivity contribution in [2.45, 2.75) is 13.3 Å². The molecule has 1 fully saturated rings. The Labute approximate surface area is 160 Å². The summed E-state index contributed by atoms with van der Waals surface area (Å²) >= 11 is 7.64. The van der Waals surface area contributed by atoms with Gasteiger partial charge < -0.3 is 0 Å². The van der Waals surface area contributed by atoms with E-state index in [-0.39, 0.29) is 17.2 Å². The molecule has 6 nitrogen and oxygen atoms in total. The second-order valence-electron chi connectivity index (χ2n) is 5.79. The number of carbonyl (C=O) groups excluding carboxylic acids is 1. The number of rotatable bonds is 3. The van der Waals surface area contributed by atoms with Gasteiger partial charge in [-0.15, -0.1) is 0 Å². The van der Waals surface area contributed by atoms with Gasteiger partial charge in [0.1, 0.15) is 0 Å². The van der Waals surface area contributed by atoms with Gasteiger partial charge in [-0.25, -0.2) is 4.99 Å². The Bertz CT molecular complexity index is 901. The van der Waals surface area contributed by atoms with E-state index in [0.29, 0.717) is 22.4 Å². The fraction of sp³-hybridized carbons (Fsp3) is 0.222. The van der Waals surface area contributed by atoms with Crippen LogP contribution in [-0.2, 0) is 0 Å². The number of halogens is 1. The zero-order chi connectivity index (χ0) is 18.7. The molecule has 0 radical (unpaired) electrons. The van der Waals surface area contributed by atoms with Crippen LogP contribution in [0.2, 0.25) is 5.02 Å². The third-order valence-electron chi connectivity index (χ3n) is 3.92. The van der Waals surface area contributed by atoms with Crippen LogP contribution < -0.4 is 0 Å². The van der Waals surface area contributed by atoms with E-state index in [1.807, 2.05) is 19.1 Å². The molecule has 26 heavy (non-hydrogen) atoms. The molecule has 0 aliphatic carbocycles. The third kappa shape index (κ3) is 4.05. The number of aryl methyl sites for hydroxylation is 1. The molecule has 134 valence electrons. The van der Waals surface area contributed by atoms with Crippen molar-refractivity contribution in [2.24, 2.45) is 4.99 Å². The highest BCUT2D eigenvalue weighted by atomic mass is 35.5. The number of amides is 1. The van der Waals surface area contributed by atoms with Gasteiger partial charge >= 0.3 is 0 Å². The lowest BCUT2D eigenvalue weighted by Crippen LogP contribution is -2.39. The predicted octanol–water partition coefficient (Wildman–Crippen LogP) is 4.82. The van der Waals surface area contributed by atoms with Crippen LogP contribution in [0, 0.1) is 17.0 Å². The molecule has 3 rings (SSSR count). The highest BCUT2D eigenvalue weighted by Crippen LogP contribution is 2.27. The minimum absolute atomic E-state index is 0.107. The molecule has 2 aromatic rings. The molecule has 0 bridgehead atoms. The van der Waals surface area contributed by atoms with Gasteiger partial charge in [-0.05, 0) is 37.1 Å². The average Bonchev–Trinajstić information content (AvgIpc) is 2.65. The number of carbonyl (C=O) groups is 1. The van der Waals surface area contributed by atoms with Crippen LogP contribution in [0.25, 0.3) is 0 Å². The fourth-order valence-electron chi connectivity index (χ4n) is 2.51. The first kappa shape index (κ1) is 18.4. The first-order valence-corrected chi connectivity index (χ1v) is 9.36. The molecule has 0 unspecified atom stereocenters. The molecule has 2 aromatic carbocycles. The lowest BCUT2D eigenvalue weighted by molar-refractivity contribution is -0.384. The first-order valence-electron chi connectivity index (χ1n) is 7.99. The Morgan fingerprint density at radius 3 is 2.85 bits per heavy atom. The van der Waals surface area contributed by atoms with Crippen LogP contribution in [0.5, 0.6) is 0 Å². The van der Waals surface area contributed by atoms with Gasteiger partial charge in [0.25, 0.3) is 11.6 Å². The summed E-state index contributed by atoms with van der Waals surface area (Å²) in [6, 6.07) is 11.2. The summed E-state index contributed by atoms with van der Waals surface area (Å²) < 4.78 is 0. The minimum Gasteiger partial charge on any atom is -0.287 e.